The lowest BCUT2D eigenvalue weighted by molar-refractivity contribution is 0.516. The van der Waals surface area contributed by atoms with Crippen LogP contribution in [-0.4, -0.2) is 15.0 Å². The van der Waals surface area contributed by atoms with Gasteiger partial charge < -0.3 is 4.42 Å². The number of fused-ring (bicyclic) bond motifs is 7. The van der Waals surface area contributed by atoms with Crippen LogP contribution in [0.25, 0.3) is 55.0 Å². The van der Waals surface area contributed by atoms with E-state index < -0.39 is 0 Å². The van der Waals surface area contributed by atoms with E-state index in [-0.39, 0.29) is 5.92 Å². The molecule has 49 heavy (non-hydrogen) atoms. The molecule has 0 amide bonds. The highest BCUT2D eigenvalue weighted by atomic mass is 16.3. The van der Waals surface area contributed by atoms with Gasteiger partial charge in [-0.15, -0.1) is 0 Å². The van der Waals surface area contributed by atoms with E-state index in [9.17, 15) is 0 Å². The maximum Gasteiger partial charge on any atom is 0.164 e. The van der Waals surface area contributed by atoms with Crippen molar-refractivity contribution in [2.24, 2.45) is 5.92 Å². The van der Waals surface area contributed by atoms with Crippen LogP contribution in [-0.2, 0) is 0 Å². The number of furan rings is 1. The summed E-state index contributed by atoms with van der Waals surface area (Å²) in [5.74, 6) is 3.42. The van der Waals surface area contributed by atoms with Crippen LogP contribution in [0.4, 0.5) is 0 Å². The van der Waals surface area contributed by atoms with Gasteiger partial charge in [-0.1, -0.05) is 140 Å². The highest BCUT2D eigenvalue weighted by Crippen LogP contribution is 2.46. The molecule has 2 heterocycles. The maximum atomic E-state index is 6.78. The number of hydrogen-bond donors (Lipinski definition) is 0. The summed E-state index contributed by atoms with van der Waals surface area (Å²) in [6.07, 6.45) is 17.0. The van der Waals surface area contributed by atoms with Gasteiger partial charge in [-0.05, 0) is 63.2 Å². The van der Waals surface area contributed by atoms with Gasteiger partial charge in [-0.2, -0.15) is 0 Å². The fourth-order valence-corrected chi connectivity index (χ4v) is 7.75. The Hall–Kier alpha value is -6.13. The highest BCUT2D eigenvalue weighted by Gasteiger charge is 2.32. The molecule has 0 spiro atoms. The first-order valence-electron chi connectivity index (χ1n) is 17.0. The first-order chi connectivity index (χ1) is 24.3. The van der Waals surface area contributed by atoms with Crippen molar-refractivity contribution in [3.8, 4) is 11.4 Å². The Morgan fingerprint density at radius 1 is 0.633 bits per heavy atom. The molecule has 4 heteroatoms. The van der Waals surface area contributed by atoms with Crippen LogP contribution in [0.5, 0.6) is 0 Å². The van der Waals surface area contributed by atoms with Gasteiger partial charge >= 0.3 is 0 Å². The molecule has 2 unspecified atom stereocenters. The Labute approximate surface area is 284 Å². The predicted molar refractivity (Wildman–Crippen MR) is 199 cm³/mol. The summed E-state index contributed by atoms with van der Waals surface area (Å²) in [5, 5.41) is 6.09. The average Bonchev–Trinajstić information content (AvgIpc) is 3.57. The Balaban J connectivity index is 1.14. The van der Waals surface area contributed by atoms with E-state index in [1.54, 1.807) is 0 Å². The minimum absolute atomic E-state index is 0.0557. The quantitative estimate of drug-likeness (QED) is 0.182. The molecule has 232 valence electrons. The van der Waals surface area contributed by atoms with Gasteiger partial charge in [0.15, 0.2) is 17.5 Å². The van der Waals surface area contributed by atoms with Crippen molar-refractivity contribution in [2.75, 3.05) is 0 Å². The minimum atomic E-state index is 0.0557. The van der Waals surface area contributed by atoms with Crippen LogP contribution in [0.1, 0.15) is 47.3 Å². The van der Waals surface area contributed by atoms with Crippen molar-refractivity contribution in [1.82, 2.24) is 15.0 Å². The van der Waals surface area contributed by atoms with E-state index in [4.69, 9.17) is 19.4 Å². The lowest BCUT2D eigenvalue weighted by Crippen LogP contribution is -2.13. The summed E-state index contributed by atoms with van der Waals surface area (Å²) in [6.45, 7) is 0. The van der Waals surface area contributed by atoms with Crippen molar-refractivity contribution in [2.45, 2.75) is 18.8 Å². The Kier molecular flexibility index (Phi) is 6.41. The second kappa shape index (κ2) is 11.2. The average molecular weight is 630 g/mol. The molecule has 0 N–H and O–H groups in total. The maximum absolute atomic E-state index is 6.78. The molecule has 3 aliphatic rings. The molecule has 2 atom stereocenters. The molecular formula is C45H31N3O. The first kappa shape index (κ1) is 27.9. The Bertz CT molecular complexity index is 2620. The normalized spacial score (nSPS) is 18.2. The monoisotopic (exact) mass is 629 g/mol. The lowest BCUT2D eigenvalue weighted by atomic mass is 9.82. The topological polar surface area (TPSA) is 51.8 Å². The van der Waals surface area contributed by atoms with Crippen molar-refractivity contribution < 1.29 is 4.42 Å². The van der Waals surface area contributed by atoms with Gasteiger partial charge in [0, 0.05) is 33.9 Å². The van der Waals surface area contributed by atoms with Crippen LogP contribution in [0.15, 0.2) is 162 Å². The lowest BCUT2D eigenvalue weighted by Gasteiger charge is -2.24. The third-order valence-electron chi connectivity index (χ3n) is 10.2. The van der Waals surface area contributed by atoms with Crippen molar-refractivity contribution >= 4 is 43.7 Å². The molecule has 0 saturated heterocycles. The Morgan fingerprint density at radius 3 is 2.31 bits per heavy atom. The van der Waals surface area contributed by atoms with Gasteiger partial charge in [0.2, 0.25) is 0 Å². The second-order valence-electron chi connectivity index (χ2n) is 13.1. The van der Waals surface area contributed by atoms with Gasteiger partial charge in [0.05, 0.1) is 0 Å². The second-order valence-corrected chi connectivity index (χ2v) is 13.1. The fourth-order valence-electron chi connectivity index (χ4n) is 7.75. The number of rotatable bonds is 4. The number of allylic oxidation sites excluding steroid dienone is 9. The number of benzene rings is 5. The smallest absolute Gasteiger partial charge is 0.164 e. The third kappa shape index (κ3) is 4.71. The van der Waals surface area contributed by atoms with Gasteiger partial charge in [-0.3, -0.25) is 0 Å². The molecule has 0 radical (unpaired) electrons. The van der Waals surface area contributed by atoms with Crippen LogP contribution in [0.2, 0.25) is 0 Å². The predicted octanol–water partition coefficient (Wildman–Crippen LogP) is 11.0. The molecule has 5 aromatic carbocycles. The molecule has 4 nitrogen and oxygen atoms in total. The zero-order chi connectivity index (χ0) is 32.3. The van der Waals surface area contributed by atoms with Crippen LogP contribution >= 0.6 is 0 Å². The van der Waals surface area contributed by atoms with Crippen molar-refractivity contribution in [1.29, 1.82) is 0 Å². The minimum Gasteiger partial charge on any atom is -0.460 e. The highest BCUT2D eigenvalue weighted by molar-refractivity contribution is 6.07. The summed E-state index contributed by atoms with van der Waals surface area (Å²) < 4.78 is 6.78. The van der Waals surface area contributed by atoms with E-state index >= 15 is 0 Å². The molecule has 2 aromatic heterocycles. The number of hydrogen-bond acceptors (Lipinski definition) is 4. The third-order valence-corrected chi connectivity index (χ3v) is 10.2. The molecule has 3 aliphatic carbocycles. The summed E-state index contributed by atoms with van der Waals surface area (Å²) in [4.78, 5) is 15.5. The molecule has 0 fully saturated rings. The van der Waals surface area contributed by atoms with Gasteiger partial charge in [-0.25, -0.2) is 15.0 Å². The molecule has 0 aliphatic heterocycles. The van der Waals surface area contributed by atoms with E-state index in [2.05, 4.69) is 127 Å². The van der Waals surface area contributed by atoms with Crippen LogP contribution in [0.3, 0.4) is 0 Å². The number of aromatic nitrogens is 3. The van der Waals surface area contributed by atoms with E-state index in [1.165, 1.54) is 32.7 Å². The zero-order valence-electron chi connectivity index (χ0n) is 26.8. The summed E-state index contributed by atoms with van der Waals surface area (Å²) in [7, 11) is 0. The molecule has 10 rings (SSSR count). The standard InChI is InChI=1S/C45H31N3O/c1-2-12-31(13-3-1)43-46-44(34-23-18-28-10-4-5-14-32(28)26-34)48-45(47-43)38-25-24-36(42-41(38)37-16-8-9-17-40(37)49-42)33-22-21-30-20-19-29-11-6-7-15-35(29)39(30)27-33/h1-23,25,27,32,36H,24,26H2. The summed E-state index contributed by atoms with van der Waals surface area (Å²) in [5.41, 5.74) is 7.59. The zero-order valence-corrected chi connectivity index (χ0v) is 26.8. The molecular weight excluding hydrogens is 599 g/mol. The van der Waals surface area contributed by atoms with Gasteiger partial charge in [0.1, 0.15) is 11.3 Å². The van der Waals surface area contributed by atoms with E-state index in [0.29, 0.717) is 17.6 Å². The number of nitrogens with zero attached hydrogens (tertiary/aromatic N) is 3. The fraction of sp³-hybridized carbons (Fsp3) is 0.0889. The van der Waals surface area contributed by atoms with E-state index in [0.717, 1.165) is 57.7 Å². The van der Waals surface area contributed by atoms with Crippen LogP contribution < -0.4 is 0 Å². The Morgan fingerprint density at radius 2 is 1.39 bits per heavy atom. The molecule has 0 saturated carbocycles. The SMILES string of the molecule is C1=CC2=CC=C(c3nc(C4=CCC(c5ccc6ccc7ccccc7c6c5)c5oc6ccccc6c54)nc(-c4ccccc4)n3)CC2C=C1. The largest absolute Gasteiger partial charge is 0.460 e. The van der Waals surface area contributed by atoms with Crippen molar-refractivity contribution in [3.05, 3.63) is 186 Å². The summed E-state index contributed by atoms with van der Waals surface area (Å²) >= 11 is 0. The van der Waals surface area contributed by atoms with Gasteiger partial charge in [0.25, 0.3) is 0 Å². The van der Waals surface area contributed by atoms with E-state index in [1.807, 2.05) is 24.3 Å². The summed E-state index contributed by atoms with van der Waals surface area (Å²) in [6, 6.07) is 38.5. The van der Waals surface area contributed by atoms with Crippen LogP contribution in [0, 0.1) is 5.92 Å². The number of para-hydroxylation sites is 1. The van der Waals surface area contributed by atoms with Crippen molar-refractivity contribution in [3.63, 3.8) is 0 Å². The first-order valence-corrected chi connectivity index (χ1v) is 17.0. The molecule has 0 bridgehead atoms. The molecule has 7 aromatic rings.